The van der Waals surface area contributed by atoms with Gasteiger partial charge in [0.25, 0.3) is 5.91 Å². The Morgan fingerprint density at radius 1 is 1.53 bits per heavy atom. The summed E-state index contributed by atoms with van der Waals surface area (Å²) >= 11 is 0. The van der Waals surface area contributed by atoms with Crippen LogP contribution in [0.4, 0.5) is 4.39 Å². The normalized spacial score (nSPS) is 21.3. The highest BCUT2D eigenvalue weighted by molar-refractivity contribution is 5.94. The Morgan fingerprint density at radius 3 is 3.05 bits per heavy atom. The lowest BCUT2D eigenvalue weighted by atomic mass is 10.1. The summed E-state index contributed by atoms with van der Waals surface area (Å²) in [5.41, 5.74) is 0.0433. The highest BCUT2D eigenvalue weighted by atomic mass is 19.1. The molecule has 0 aromatic carbocycles. The van der Waals surface area contributed by atoms with Crippen LogP contribution in [0.3, 0.4) is 0 Å². The van der Waals surface area contributed by atoms with E-state index in [4.69, 9.17) is 0 Å². The minimum atomic E-state index is -0.589. The fourth-order valence-corrected chi connectivity index (χ4v) is 2.19. The third kappa shape index (κ3) is 3.48. The smallest absolute Gasteiger partial charge is 0.254 e. The molecule has 1 unspecified atom stereocenters. The average molecular weight is 266 g/mol. The van der Waals surface area contributed by atoms with Crippen LogP contribution in [0.2, 0.25) is 0 Å². The van der Waals surface area contributed by atoms with Gasteiger partial charge in [-0.2, -0.15) is 0 Å². The lowest BCUT2D eigenvalue weighted by molar-refractivity contribution is 0.0877. The monoisotopic (exact) mass is 266 g/mol. The van der Waals surface area contributed by atoms with E-state index in [1.807, 2.05) is 7.05 Å². The van der Waals surface area contributed by atoms with Gasteiger partial charge >= 0.3 is 0 Å². The molecule has 1 atom stereocenters. The summed E-state index contributed by atoms with van der Waals surface area (Å²) < 4.78 is 13.4. The van der Waals surface area contributed by atoms with Crippen LogP contribution in [0.15, 0.2) is 18.5 Å². The topological polar surface area (TPSA) is 48.5 Å². The van der Waals surface area contributed by atoms with E-state index in [1.165, 1.54) is 12.3 Å². The Labute approximate surface area is 112 Å². The van der Waals surface area contributed by atoms with E-state index in [0.717, 1.165) is 25.8 Å². The molecule has 1 amide bonds. The van der Waals surface area contributed by atoms with Crippen molar-refractivity contribution in [1.82, 2.24) is 20.1 Å². The first kappa shape index (κ1) is 13.9. The minimum Gasteiger partial charge on any atom is -0.350 e. The molecule has 1 saturated heterocycles. The zero-order valence-corrected chi connectivity index (χ0v) is 11.3. The highest BCUT2D eigenvalue weighted by Gasteiger charge is 2.23. The summed E-state index contributed by atoms with van der Waals surface area (Å²) in [6.45, 7) is 3.41. The summed E-state index contributed by atoms with van der Waals surface area (Å²) in [5, 5.41) is 2.79. The summed E-state index contributed by atoms with van der Waals surface area (Å²) in [7, 11) is 4.10. The number of hydrogen-bond donors (Lipinski definition) is 1. The predicted octanol–water partition coefficient (Wildman–Crippen LogP) is 0.196. The zero-order chi connectivity index (χ0) is 13.8. The molecule has 0 bridgehead atoms. The Balaban J connectivity index is 1.91. The summed E-state index contributed by atoms with van der Waals surface area (Å²) in [6.07, 6.45) is 2.47. The van der Waals surface area contributed by atoms with Crippen LogP contribution in [0.5, 0.6) is 0 Å². The summed E-state index contributed by atoms with van der Waals surface area (Å²) in [6, 6.07) is 1.65. The van der Waals surface area contributed by atoms with Gasteiger partial charge in [0.15, 0.2) is 5.82 Å². The fourth-order valence-electron chi connectivity index (χ4n) is 2.19. The first-order valence-corrected chi connectivity index (χ1v) is 6.34. The molecular formula is C13H19FN4O. The quantitative estimate of drug-likeness (QED) is 0.849. The molecule has 0 aliphatic carbocycles. The maximum absolute atomic E-state index is 13.4. The van der Waals surface area contributed by atoms with E-state index in [2.05, 4.69) is 27.1 Å². The van der Waals surface area contributed by atoms with Gasteiger partial charge in [0.05, 0.1) is 11.8 Å². The Morgan fingerprint density at radius 2 is 2.32 bits per heavy atom. The van der Waals surface area contributed by atoms with Crippen molar-refractivity contribution in [3.05, 3.63) is 29.8 Å². The van der Waals surface area contributed by atoms with Gasteiger partial charge in [-0.25, -0.2) is 4.39 Å². The van der Waals surface area contributed by atoms with Crippen molar-refractivity contribution in [2.45, 2.75) is 6.04 Å². The maximum Gasteiger partial charge on any atom is 0.254 e. The summed E-state index contributed by atoms with van der Waals surface area (Å²) in [4.78, 5) is 20.0. The number of halogens is 1. The van der Waals surface area contributed by atoms with Crippen LogP contribution in [0.1, 0.15) is 10.4 Å². The number of carbonyl (C=O) groups excluding carboxylic acids is 1. The molecule has 6 heteroatoms. The number of amides is 1. The number of hydrogen-bond acceptors (Lipinski definition) is 4. The van der Waals surface area contributed by atoms with Crippen molar-refractivity contribution in [2.24, 2.45) is 0 Å². The molecule has 1 aliphatic rings. The van der Waals surface area contributed by atoms with E-state index >= 15 is 0 Å². The van der Waals surface area contributed by atoms with Gasteiger partial charge in [-0.15, -0.1) is 0 Å². The van der Waals surface area contributed by atoms with Gasteiger partial charge in [0.2, 0.25) is 0 Å². The molecule has 5 nitrogen and oxygen atoms in total. The zero-order valence-electron chi connectivity index (χ0n) is 11.3. The van der Waals surface area contributed by atoms with E-state index in [1.54, 1.807) is 0 Å². The minimum absolute atomic E-state index is 0.0433. The van der Waals surface area contributed by atoms with Crippen molar-refractivity contribution < 1.29 is 9.18 Å². The highest BCUT2D eigenvalue weighted by Crippen LogP contribution is 2.07. The molecule has 0 spiro atoms. The molecule has 2 rings (SSSR count). The average Bonchev–Trinajstić information content (AvgIpc) is 2.40. The number of carbonyl (C=O) groups is 1. The van der Waals surface area contributed by atoms with Crippen LogP contribution in [0, 0.1) is 5.82 Å². The number of nitrogens with zero attached hydrogens (tertiary/aromatic N) is 3. The van der Waals surface area contributed by atoms with Crippen molar-refractivity contribution in [3.8, 4) is 0 Å². The first-order chi connectivity index (χ1) is 9.08. The van der Waals surface area contributed by atoms with Crippen LogP contribution in [-0.2, 0) is 0 Å². The SMILES string of the molecule is CN1CCN(C)C(CNC(=O)c2ccncc2F)C1. The Bertz CT molecular complexity index is 454. The maximum atomic E-state index is 13.4. The molecule has 1 aliphatic heterocycles. The molecule has 1 N–H and O–H groups in total. The van der Waals surface area contributed by atoms with E-state index in [0.29, 0.717) is 6.54 Å². The van der Waals surface area contributed by atoms with Gasteiger partial charge in [0.1, 0.15) is 0 Å². The van der Waals surface area contributed by atoms with Gasteiger partial charge in [-0.1, -0.05) is 0 Å². The Kier molecular flexibility index (Phi) is 4.44. The number of nitrogens with one attached hydrogen (secondary N) is 1. The standard InChI is InChI=1S/C13H19FN4O/c1-17-5-6-18(2)10(9-17)7-16-13(19)11-3-4-15-8-12(11)14/h3-4,8,10H,5-7,9H2,1-2H3,(H,16,19). The number of likely N-dealkylation sites (N-methyl/N-ethyl adjacent to an activating group) is 2. The molecule has 2 heterocycles. The molecule has 0 radical (unpaired) electrons. The van der Waals surface area contributed by atoms with E-state index < -0.39 is 5.82 Å². The second kappa shape index (κ2) is 6.08. The molecular weight excluding hydrogens is 247 g/mol. The summed E-state index contributed by atoms with van der Waals surface area (Å²) in [5.74, 6) is -0.976. The Hall–Kier alpha value is -1.53. The lowest BCUT2D eigenvalue weighted by Crippen LogP contribution is -2.54. The molecule has 19 heavy (non-hydrogen) atoms. The van der Waals surface area contributed by atoms with Crippen molar-refractivity contribution in [3.63, 3.8) is 0 Å². The van der Waals surface area contributed by atoms with Crippen molar-refractivity contribution >= 4 is 5.91 Å². The second-order valence-corrected chi connectivity index (χ2v) is 4.96. The van der Waals surface area contributed by atoms with Crippen molar-refractivity contribution in [1.29, 1.82) is 0 Å². The number of rotatable bonds is 3. The number of pyridine rings is 1. The van der Waals surface area contributed by atoms with Crippen LogP contribution >= 0.6 is 0 Å². The van der Waals surface area contributed by atoms with Gasteiger partial charge in [0, 0.05) is 38.4 Å². The van der Waals surface area contributed by atoms with Crippen LogP contribution in [-0.4, -0.2) is 67.0 Å². The van der Waals surface area contributed by atoms with Gasteiger partial charge < -0.3 is 10.2 Å². The molecule has 104 valence electrons. The fraction of sp³-hybridized carbons (Fsp3) is 0.538. The van der Waals surface area contributed by atoms with Gasteiger partial charge in [-0.05, 0) is 20.2 Å². The largest absolute Gasteiger partial charge is 0.350 e. The second-order valence-electron chi connectivity index (χ2n) is 4.96. The third-order valence-corrected chi connectivity index (χ3v) is 3.50. The van der Waals surface area contributed by atoms with Gasteiger partial charge in [-0.3, -0.25) is 14.7 Å². The first-order valence-electron chi connectivity index (χ1n) is 6.34. The number of aromatic nitrogens is 1. The molecule has 1 fully saturated rings. The molecule has 1 aromatic rings. The van der Waals surface area contributed by atoms with Crippen molar-refractivity contribution in [2.75, 3.05) is 40.3 Å². The number of piperazine rings is 1. The molecule has 1 aromatic heterocycles. The predicted molar refractivity (Wildman–Crippen MR) is 70.4 cm³/mol. The van der Waals surface area contributed by atoms with Crippen LogP contribution < -0.4 is 5.32 Å². The third-order valence-electron chi connectivity index (χ3n) is 3.50. The lowest BCUT2D eigenvalue weighted by Gasteiger charge is -2.37. The molecule has 0 saturated carbocycles. The van der Waals surface area contributed by atoms with E-state index in [9.17, 15) is 9.18 Å². The van der Waals surface area contributed by atoms with E-state index in [-0.39, 0.29) is 17.5 Å². The van der Waals surface area contributed by atoms with Crippen LogP contribution in [0.25, 0.3) is 0 Å².